The Morgan fingerprint density at radius 1 is 1.04 bits per heavy atom. The summed E-state index contributed by atoms with van der Waals surface area (Å²) >= 11 is 0. The molecule has 0 aromatic heterocycles. The molecule has 0 saturated carbocycles. The van der Waals surface area contributed by atoms with E-state index in [9.17, 15) is 9.59 Å². The lowest BCUT2D eigenvalue weighted by Crippen LogP contribution is -2.34. The Bertz CT molecular complexity index is 829. The molecule has 6 heteroatoms. The van der Waals surface area contributed by atoms with Gasteiger partial charge in [0.15, 0.2) is 11.5 Å². The molecule has 0 bridgehead atoms. The summed E-state index contributed by atoms with van der Waals surface area (Å²) in [7, 11) is 3.26. The van der Waals surface area contributed by atoms with Crippen LogP contribution in [0.5, 0.6) is 11.5 Å². The van der Waals surface area contributed by atoms with Gasteiger partial charge in [-0.05, 0) is 35.9 Å². The smallest absolute Gasteiger partial charge is 0.269 e. The fourth-order valence-electron chi connectivity index (χ4n) is 2.35. The largest absolute Gasteiger partial charge is 0.454 e. The number of nitrogens with zero attached hydrogens (tertiary/aromatic N) is 1. The van der Waals surface area contributed by atoms with E-state index >= 15 is 0 Å². The summed E-state index contributed by atoms with van der Waals surface area (Å²) in [5.41, 5.74) is 1.38. The van der Waals surface area contributed by atoms with Crippen LogP contribution in [0.2, 0.25) is 0 Å². The summed E-state index contributed by atoms with van der Waals surface area (Å²) in [6.07, 6.45) is 1.62. The minimum Gasteiger partial charge on any atom is -0.454 e. The maximum atomic E-state index is 12.4. The molecule has 3 rings (SSSR count). The van der Waals surface area contributed by atoms with Gasteiger partial charge in [-0.25, -0.2) is 0 Å². The monoisotopic (exact) mass is 338 g/mol. The van der Waals surface area contributed by atoms with Gasteiger partial charge in [-0.3, -0.25) is 9.59 Å². The van der Waals surface area contributed by atoms with Crippen molar-refractivity contribution in [1.82, 2.24) is 10.2 Å². The topological polar surface area (TPSA) is 67.9 Å². The van der Waals surface area contributed by atoms with Crippen LogP contribution in [0.15, 0.2) is 54.2 Å². The Morgan fingerprint density at radius 2 is 1.76 bits per heavy atom. The van der Waals surface area contributed by atoms with Gasteiger partial charge in [0.25, 0.3) is 11.8 Å². The van der Waals surface area contributed by atoms with Gasteiger partial charge in [-0.2, -0.15) is 0 Å². The van der Waals surface area contributed by atoms with Crippen LogP contribution in [0.1, 0.15) is 15.9 Å². The maximum absolute atomic E-state index is 12.4. The molecular weight excluding hydrogens is 320 g/mol. The zero-order valence-corrected chi connectivity index (χ0v) is 14.0. The SMILES string of the molecule is CN(C)C(=O)/C(=C/c1ccc2c(c1)OCO2)NC(=O)c1ccccc1. The van der Waals surface area contributed by atoms with Gasteiger partial charge in [0, 0.05) is 19.7 Å². The van der Waals surface area contributed by atoms with Gasteiger partial charge in [-0.1, -0.05) is 24.3 Å². The Balaban J connectivity index is 1.89. The third kappa shape index (κ3) is 3.80. The van der Waals surface area contributed by atoms with Crippen molar-refractivity contribution < 1.29 is 19.1 Å². The van der Waals surface area contributed by atoms with E-state index < -0.39 is 0 Å². The van der Waals surface area contributed by atoms with Crippen molar-refractivity contribution in [3.8, 4) is 11.5 Å². The molecule has 0 fully saturated rings. The molecular formula is C19H18N2O4. The standard InChI is InChI=1S/C19H18N2O4/c1-21(2)19(23)15(20-18(22)14-6-4-3-5-7-14)10-13-8-9-16-17(11-13)25-12-24-16/h3-11H,12H2,1-2H3,(H,20,22)/b15-10-. The molecule has 6 nitrogen and oxygen atoms in total. The molecule has 0 aliphatic carbocycles. The molecule has 0 atom stereocenters. The normalized spacial score (nSPS) is 12.6. The van der Waals surface area contributed by atoms with Crippen molar-refractivity contribution in [2.75, 3.05) is 20.9 Å². The number of carbonyl (C=O) groups is 2. The molecule has 0 spiro atoms. The third-order valence-corrected chi connectivity index (χ3v) is 3.63. The van der Waals surface area contributed by atoms with Crippen LogP contribution in [0, 0.1) is 0 Å². The first kappa shape index (κ1) is 16.6. The molecule has 0 saturated heterocycles. The fraction of sp³-hybridized carbons (Fsp3) is 0.158. The van der Waals surface area contributed by atoms with E-state index in [2.05, 4.69) is 5.32 Å². The molecule has 0 radical (unpaired) electrons. The highest BCUT2D eigenvalue weighted by Gasteiger charge is 2.17. The van der Waals surface area contributed by atoms with E-state index in [0.29, 0.717) is 17.1 Å². The second kappa shape index (κ2) is 7.09. The first-order chi connectivity index (χ1) is 12.0. The number of hydrogen-bond donors (Lipinski definition) is 1. The van der Waals surface area contributed by atoms with Crippen molar-refractivity contribution in [1.29, 1.82) is 0 Å². The van der Waals surface area contributed by atoms with E-state index in [1.165, 1.54) is 4.90 Å². The molecule has 25 heavy (non-hydrogen) atoms. The molecule has 1 N–H and O–H groups in total. The lowest BCUT2D eigenvalue weighted by molar-refractivity contribution is -0.124. The summed E-state index contributed by atoms with van der Waals surface area (Å²) in [6, 6.07) is 14.1. The van der Waals surface area contributed by atoms with E-state index in [0.717, 1.165) is 5.56 Å². The number of benzene rings is 2. The number of hydrogen-bond acceptors (Lipinski definition) is 4. The zero-order valence-electron chi connectivity index (χ0n) is 14.0. The van der Waals surface area contributed by atoms with Crippen molar-refractivity contribution in [2.45, 2.75) is 0 Å². The maximum Gasteiger partial charge on any atom is 0.269 e. The molecule has 2 amide bonds. The number of amides is 2. The van der Waals surface area contributed by atoms with Crippen LogP contribution in [0.25, 0.3) is 6.08 Å². The Labute approximate surface area is 145 Å². The van der Waals surface area contributed by atoms with Crippen LogP contribution >= 0.6 is 0 Å². The molecule has 0 unspecified atom stereocenters. The average Bonchev–Trinajstić information content (AvgIpc) is 3.09. The van der Waals surface area contributed by atoms with Crippen LogP contribution in [0.3, 0.4) is 0 Å². The van der Waals surface area contributed by atoms with Gasteiger partial charge in [0.2, 0.25) is 6.79 Å². The first-order valence-electron chi connectivity index (χ1n) is 7.74. The highest BCUT2D eigenvalue weighted by Crippen LogP contribution is 2.33. The van der Waals surface area contributed by atoms with E-state index in [-0.39, 0.29) is 24.3 Å². The predicted molar refractivity (Wildman–Crippen MR) is 93.1 cm³/mol. The zero-order chi connectivity index (χ0) is 17.8. The van der Waals surface area contributed by atoms with Crippen molar-refractivity contribution >= 4 is 17.9 Å². The lowest BCUT2D eigenvalue weighted by Gasteiger charge is -2.15. The number of nitrogens with one attached hydrogen (secondary N) is 1. The van der Waals surface area contributed by atoms with Crippen LogP contribution in [-0.2, 0) is 4.79 Å². The van der Waals surface area contributed by atoms with Crippen molar-refractivity contribution in [3.05, 3.63) is 65.4 Å². The second-order valence-corrected chi connectivity index (χ2v) is 5.69. The minimum absolute atomic E-state index is 0.177. The van der Waals surface area contributed by atoms with E-state index in [4.69, 9.17) is 9.47 Å². The van der Waals surface area contributed by atoms with Gasteiger partial charge >= 0.3 is 0 Å². The fourth-order valence-corrected chi connectivity index (χ4v) is 2.35. The quantitative estimate of drug-likeness (QED) is 0.869. The van der Waals surface area contributed by atoms with Crippen LogP contribution in [0.4, 0.5) is 0 Å². The van der Waals surface area contributed by atoms with Gasteiger partial charge in [0.1, 0.15) is 5.70 Å². The molecule has 2 aromatic rings. The Morgan fingerprint density at radius 3 is 2.48 bits per heavy atom. The number of carbonyl (C=O) groups excluding carboxylic acids is 2. The Hall–Kier alpha value is -3.28. The summed E-state index contributed by atoms with van der Waals surface area (Å²) in [5, 5.41) is 2.69. The predicted octanol–water partition coefficient (Wildman–Crippen LogP) is 2.27. The van der Waals surface area contributed by atoms with Crippen molar-refractivity contribution in [3.63, 3.8) is 0 Å². The number of likely N-dealkylation sites (N-methyl/N-ethyl adjacent to an activating group) is 1. The second-order valence-electron chi connectivity index (χ2n) is 5.69. The number of fused-ring (bicyclic) bond motifs is 1. The van der Waals surface area contributed by atoms with Gasteiger partial charge < -0.3 is 19.7 Å². The van der Waals surface area contributed by atoms with E-state index in [1.807, 2.05) is 6.07 Å². The molecule has 1 heterocycles. The number of ether oxygens (including phenoxy) is 2. The summed E-state index contributed by atoms with van der Waals surface area (Å²) in [6.45, 7) is 0.177. The molecule has 1 aliphatic rings. The Kier molecular flexibility index (Phi) is 4.70. The highest BCUT2D eigenvalue weighted by molar-refractivity contribution is 6.05. The van der Waals surface area contributed by atoms with Crippen molar-refractivity contribution in [2.24, 2.45) is 0 Å². The highest BCUT2D eigenvalue weighted by atomic mass is 16.7. The van der Waals surface area contributed by atoms with Gasteiger partial charge in [0.05, 0.1) is 0 Å². The molecule has 1 aliphatic heterocycles. The van der Waals surface area contributed by atoms with Crippen LogP contribution in [-0.4, -0.2) is 37.6 Å². The van der Waals surface area contributed by atoms with E-state index in [1.54, 1.807) is 62.6 Å². The van der Waals surface area contributed by atoms with Gasteiger partial charge in [-0.15, -0.1) is 0 Å². The third-order valence-electron chi connectivity index (χ3n) is 3.63. The first-order valence-corrected chi connectivity index (χ1v) is 7.74. The minimum atomic E-state index is -0.345. The lowest BCUT2D eigenvalue weighted by atomic mass is 10.1. The summed E-state index contributed by atoms with van der Waals surface area (Å²) in [5.74, 6) is 0.621. The number of rotatable bonds is 4. The average molecular weight is 338 g/mol. The summed E-state index contributed by atoms with van der Waals surface area (Å²) in [4.78, 5) is 26.2. The summed E-state index contributed by atoms with van der Waals surface area (Å²) < 4.78 is 10.6. The van der Waals surface area contributed by atoms with Crippen LogP contribution < -0.4 is 14.8 Å². The molecule has 128 valence electrons. The molecule has 2 aromatic carbocycles.